The molecule has 41 heavy (non-hydrogen) atoms. The Labute approximate surface area is 238 Å². The highest BCUT2D eigenvalue weighted by Gasteiger charge is 2.43. The zero-order valence-corrected chi connectivity index (χ0v) is 23.3. The molecule has 2 bridgehead atoms. The third-order valence-corrected chi connectivity index (χ3v) is 8.66. The van der Waals surface area contributed by atoms with Crippen LogP contribution in [0.3, 0.4) is 0 Å². The molecule has 3 atom stereocenters. The topological polar surface area (TPSA) is 109 Å². The van der Waals surface area contributed by atoms with Gasteiger partial charge in [-0.2, -0.15) is 10.1 Å². The Hall–Kier alpha value is -4.03. The fourth-order valence-electron chi connectivity index (χ4n) is 6.44. The molecule has 1 N–H and O–H groups in total. The molecule has 6 heterocycles. The molecule has 3 aliphatic rings. The van der Waals surface area contributed by atoms with E-state index in [2.05, 4.69) is 43.4 Å². The number of nitrogens with zero attached hydrogens (tertiary/aromatic N) is 9. The second kappa shape index (κ2) is 11.1. The van der Waals surface area contributed by atoms with Gasteiger partial charge in [0.25, 0.3) is 0 Å². The van der Waals surface area contributed by atoms with Gasteiger partial charge >= 0.3 is 0 Å². The number of hydrogen-bond acceptors (Lipinski definition) is 9. The molecular weight excluding hydrogens is 520 g/mol. The Bertz CT molecular complexity index is 1480. The minimum Gasteiger partial charge on any atom is -0.373 e. The van der Waals surface area contributed by atoms with Gasteiger partial charge in [-0.1, -0.05) is 0 Å². The first-order chi connectivity index (χ1) is 20.1. The van der Waals surface area contributed by atoms with E-state index in [0.717, 1.165) is 56.3 Å². The third kappa shape index (κ3) is 5.49. The van der Waals surface area contributed by atoms with Crippen molar-refractivity contribution in [3.05, 3.63) is 60.8 Å². The molecule has 1 aliphatic carbocycles. The number of ether oxygens (including phenoxy) is 1. The monoisotopic (exact) mass is 556 g/mol. The van der Waals surface area contributed by atoms with Crippen molar-refractivity contribution in [1.82, 2.24) is 39.2 Å². The van der Waals surface area contributed by atoms with Crippen molar-refractivity contribution in [2.24, 2.45) is 11.8 Å². The van der Waals surface area contributed by atoms with Crippen LogP contribution in [0.25, 0.3) is 5.65 Å². The molecule has 214 valence electrons. The summed E-state index contributed by atoms with van der Waals surface area (Å²) in [6.45, 7) is 6.06. The highest BCUT2D eigenvalue weighted by molar-refractivity contribution is 5.76. The molecule has 12 nitrogen and oxygen atoms in total. The number of hydrogen-bond donors (Lipinski definition) is 1. The second-order valence-corrected chi connectivity index (χ2v) is 11.5. The number of aromatic nitrogens is 6. The Morgan fingerprint density at radius 2 is 1.85 bits per heavy atom. The lowest BCUT2D eigenvalue weighted by atomic mass is 9.94. The smallest absolute Gasteiger partial charge is 0.247 e. The summed E-state index contributed by atoms with van der Waals surface area (Å²) in [7, 11) is 2.08. The van der Waals surface area contributed by atoms with E-state index in [1.165, 1.54) is 18.4 Å². The summed E-state index contributed by atoms with van der Waals surface area (Å²) in [5, 5.41) is 12.3. The first-order valence-electron chi connectivity index (χ1n) is 14.5. The van der Waals surface area contributed by atoms with E-state index in [4.69, 9.17) is 9.72 Å². The van der Waals surface area contributed by atoms with E-state index in [1.54, 1.807) is 10.9 Å². The van der Waals surface area contributed by atoms with Gasteiger partial charge in [0.1, 0.15) is 6.54 Å². The summed E-state index contributed by atoms with van der Waals surface area (Å²) in [5.41, 5.74) is 3.83. The van der Waals surface area contributed by atoms with Gasteiger partial charge in [0, 0.05) is 75.9 Å². The lowest BCUT2D eigenvalue weighted by Gasteiger charge is -2.39. The number of nitrogens with one attached hydrogen (secondary N) is 1. The average molecular weight is 557 g/mol. The fourth-order valence-corrected chi connectivity index (χ4v) is 6.44. The molecule has 3 fully saturated rings. The van der Waals surface area contributed by atoms with Crippen LogP contribution in [0.1, 0.15) is 18.4 Å². The summed E-state index contributed by atoms with van der Waals surface area (Å²) in [6, 6.07) is 8.20. The number of pyridine rings is 2. The summed E-state index contributed by atoms with van der Waals surface area (Å²) in [4.78, 5) is 28.2. The predicted octanol–water partition coefficient (Wildman–Crippen LogP) is 2.27. The zero-order valence-electron chi connectivity index (χ0n) is 23.3. The molecule has 0 radical (unpaired) electrons. The maximum atomic E-state index is 12.7. The molecule has 2 aliphatic heterocycles. The minimum atomic E-state index is 0.0868. The number of carbonyl (C=O) groups is 1. The van der Waals surface area contributed by atoms with Crippen LogP contribution in [0.2, 0.25) is 0 Å². The van der Waals surface area contributed by atoms with E-state index >= 15 is 0 Å². The van der Waals surface area contributed by atoms with Crippen molar-refractivity contribution in [3.8, 4) is 0 Å². The third-order valence-electron chi connectivity index (χ3n) is 8.66. The van der Waals surface area contributed by atoms with Gasteiger partial charge in [-0.05, 0) is 49.7 Å². The van der Waals surface area contributed by atoms with Crippen LogP contribution >= 0.6 is 0 Å². The number of likely N-dealkylation sites (N-methyl/N-ethyl adjacent to an activating group) is 1. The van der Waals surface area contributed by atoms with Crippen LogP contribution in [0.4, 0.5) is 17.3 Å². The molecule has 12 heteroatoms. The minimum absolute atomic E-state index is 0.0868. The number of rotatable bonds is 8. The molecular formula is C29H36N10O2. The highest BCUT2D eigenvalue weighted by atomic mass is 16.5. The van der Waals surface area contributed by atoms with Gasteiger partial charge in [-0.25, -0.2) is 4.52 Å². The largest absolute Gasteiger partial charge is 0.373 e. The lowest BCUT2D eigenvalue weighted by molar-refractivity contribution is -0.133. The van der Waals surface area contributed by atoms with Crippen molar-refractivity contribution in [2.45, 2.75) is 32.1 Å². The Kier molecular flexibility index (Phi) is 7.01. The summed E-state index contributed by atoms with van der Waals surface area (Å²) >= 11 is 0. The first-order valence-corrected chi connectivity index (χ1v) is 14.5. The molecule has 2 saturated heterocycles. The lowest BCUT2D eigenvalue weighted by Crippen LogP contribution is -2.48. The SMILES string of the molecule is CN1CCN(C(=O)Cn2cc(Nc3nc4c(N5C[C@H]6CC[C@@H](C5)C6OCc5ccncc5)cccn4n3)cn2)CC1. The maximum Gasteiger partial charge on any atom is 0.247 e. The molecule has 4 aromatic rings. The molecule has 1 saturated carbocycles. The summed E-state index contributed by atoms with van der Waals surface area (Å²) in [6.07, 6.45) is 11.8. The van der Waals surface area contributed by atoms with Crippen LogP contribution in [0.5, 0.6) is 0 Å². The normalized spacial score (nSPS) is 22.9. The average Bonchev–Trinajstić information content (AvgIpc) is 3.67. The van der Waals surface area contributed by atoms with E-state index in [0.29, 0.717) is 24.4 Å². The van der Waals surface area contributed by atoms with Crippen molar-refractivity contribution in [2.75, 3.05) is 56.5 Å². The standard InChI is InChI=1S/C29H36N10O2/c1-35-11-13-36(14-12-35)26(40)19-38-18-24(15-31-38)32-29-33-28-25(3-2-10-39(28)34-29)37-16-22-4-5-23(17-37)27(22)41-20-21-6-8-30-9-7-21/h2-3,6-10,15,18,22-23,27H,4-5,11-14,16-17,19-20H2,1H3,(H,32,34)/t22-,23+,27?. The second-order valence-electron chi connectivity index (χ2n) is 11.5. The van der Waals surface area contributed by atoms with Crippen LogP contribution in [0.15, 0.2) is 55.2 Å². The fraction of sp³-hybridized carbons (Fsp3) is 0.483. The molecule has 1 amide bonds. The quantitative estimate of drug-likeness (QED) is 0.350. The Balaban J connectivity index is 1.00. The molecule has 1 unspecified atom stereocenters. The van der Waals surface area contributed by atoms with Gasteiger partial charge in [0.05, 0.1) is 30.3 Å². The number of fused-ring (bicyclic) bond motifs is 3. The number of anilines is 3. The van der Waals surface area contributed by atoms with Crippen molar-refractivity contribution in [1.29, 1.82) is 0 Å². The molecule has 4 aromatic heterocycles. The number of piperazine rings is 1. The summed E-state index contributed by atoms with van der Waals surface area (Å²) < 4.78 is 9.93. The van der Waals surface area contributed by atoms with Crippen LogP contribution < -0.4 is 10.2 Å². The highest BCUT2D eigenvalue weighted by Crippen LogP contribution is 2.41. The molecule has 0 spiro atoms. The van der Waals surface area contributed by atoms with E-state index in [1.807, 2.05) is 52.4 Å². The van der Waals surface area contributed by atoms with Crippen molar-refractivity contribution >= 4 is 28.9 Å². The van der Waals surface area contributed by atoms with Crippen LogP contribution in [-0.4, -0.2) is 97.5 Å². The van der Waals surface area contributed by atoms with Gasteiger partial charge in [0.2, 0.25) is 11.9 Å². The Morgan fingerprint density at radius 3 is 2.63 bits per heavy atom. The first kappa shape index (κ1) is 25.9. The molecule has 0 aromatic carbocycles. The van der Waals surface area contributed by atoms with E-state index < -0.39 is 0 Å². The zero-order chi connectivity index (χ0) is 27.8. The van der Waals surface area contributed by atoms with Gasteiger partial charge in [-0.15, -0.1) is 5.10 Å². The molecule has 7 rings (SSSR count). The maximum absolute atomic E-state index is 12.7. The number of amides is 1. The van der Waals surface area contributed by atoms with Gasteiger partial charge in [-0.3, -0.25) is 14.5 Å². The van der Waals surface area contributed by atoms with Crippen LogP contribution in [0, 0.1) is 11.8 Å². The van der Waals surface area contributed by atoms with Gasteiger partial charge in [0.15, 0.2) is 5.65 Å². The van der Waals surface area contributed by atoms with Crippen molar-refractivity contribution in [3.63, 3.8) is 0 Å². The predicted molar refractivity (Wildman–Crippen MR) is 154 cm³/mol. The number of carbonyl (C=O) groups excluding carboxylic acids is 1. The van der Waals surface area contributed by atoms with E-state index in [9.17, 15) is 4.79 Å². The van der Waals surface area contributed by atoms with Crippen molar-refractivity contribution < 1.29 is 9.53 Å². The van der Waals surface area contributed by atoms with Crippen LogP contribution in [-0.2, 0) is 22.7 Å². The summed E-state index contributed by atoms with van der Waals surface area (Å²) in [5.74, 6) is 1.58. The van der Waals surface area contributed by atoms with Gasteiger partial charge < -0.3 is 24.8 Å². The Morgan fingerprint density at radius 1 is 1.07 bits per heavy atom. The van der Waals surface area contributed by atoms with E-state index in [-0.39, 0.29) is 18.6 Å². The number of piperidine rings is 1.